The van der Waals surface area contributed by atoms with Gasteiger partial charge in [0.25, 0.3) is 0 Å². The second-order valence-corrected chi connectivity index (χ2v) is 6.03. The summed E-state index contributed by atoms with van der Waals surface area (Å²) in [6.45, 7) is 9.67. The molecule has 1 saturated heterocycles. The Hall–Kier alpha value is -1.69. The average molecular weight is 277 g/mol. The van der Waals surface area contributed by atoms with Crippen molar-refractivity contribution in [3.05, 3.63) is 18.6 Å². The Morgan fingerprint density at radius 3 is 2.50 bits per heavy atom. The topological polar surface area (TPSA) is 61.4 Å². The van der Waals surface area contributed by atoms with Gasteiger partial charge in [0.1, 0.15) is 5.82 Å². The highest BCUT2D eigenvalue weighted by Crippen LogP contribution is 2.11. The largest absolute Gasteiger partial charge is 0.352 e. The van der Waals surface area contributed by atoms with Crippen molar-refractivity contribution in [2.24, 2.45) is 0 Å². The number of hydrogen-bond acceptors (Lipinski definition) is 5. The molecule has 2 heterocycles. The summed E-state index contributed by atoms with van der Waals surface area (Å²) >= 11 is 0. The average Bonchev–Trinajstić information content (AvgIpc) is 2.45. The first-order chi connectivity index (χ1) is 9.46. The number of aromatic nitrogens is 2. The van der Waals surface area contributed by atoms with Crippen LogP contribution in [0.3, 0.4) is 0 Å². The zero-order valence-electron chi connectivity index (χ0n) is 12.5. The van der Waals surface area contributed by atoms with Crippen LogP contribution in [-0.2, 0) is 4.79 Å². The number of nitrogens with one attached hydrogen (secondary N) is 1. The van der Waals surface area contributed by atoms with Crippen LogP contribution in [0.1, 0.15) is 20.8 Å². The third-order valence-electron chi connectivity index (χ3n) is 3.28. The van der Waals surface area contributed by atoms with E-state index in [1.54, 1.807) is 18.6 Å². The van der Waals surface area contributed by atoms with Crippen molar-refractivity contribution >= 4 is 11.7 Å². The van der Waals surface area contributed by atoms with Gasteiger partial charge in [-0.05, 0) is 20.8 Å². The van der Waals surface area contributed by atoms with Crippen LogP contribution in [0.5, 0.6) is 0 Å². The highest BCUT2D eigenvalue weighted by molar-refractivity contribution is 5.78. The van der Waals surface area contributed by atoms with Crippen molar-refractivity contribution in [3.63, 3.8) is 0 Å². The first-order valence-electron chi connectivity index (χ1n) is 6.99. The second-order valence-electron chi connectivity index (χ2n) is 6.03. The Bertz CT molecular complexity index is 435. The molecule has 0 aromatic carbocycles. The molecule has 1 aromatic rings. The number of nitrogens with zero attached hydrogens (tertiary/aromatic N) is 4. The summed E-state index contributed by atoms with van der Waals surface area (Å²) in [5.41, 5.74) is -0.0306. The standard InChI is InChI=1S/C14H23N5O/c1-14(2,3)17-11-13(20)19-8-6-18(7-9-19)12-10-15-4-5-16-12/h4-5,10,17H,6-9,11H2,1-3H3. The van der Waals surface area contributed by atoms with Gasteiger partial charge in [-0.25, -0.2) is 4.98 Å². The van der Waals surface area contributed by atoms with Crippen LogP contribution in [0.15, 0.2) is 18.6 Å². The molecule has 110 valence electrons. The van der Waals surface area contributed by atoms with Gasteiger partial charge in [-0.2, -0.15) is 0 Å². The van der Waals surface area contributed by atoms with Gasteiger partial charge in [-0.1, -0.05) is 0 Å². The lowest BCUT2D eigenvalue weighted by atomic mass is 10.1. The lowest BCUT2D eigenvalue weighted by Crippen LogP contribution is -2.52. The number of anilines is 1. The van der Waals surface area contributed by atoms with Crippen molar-refractivity contribution in [3.8, 4) is 0 Å². The Morgan fingerprint density at radius 2 is 1.95 bits per heavy atom. The third kappa shape index (κ3) is 4.16. The Balaban J connectivity index is 1.81. The Kier molecular flexibility index (Phi) is 4.54. The van der Waals surface area contributed by atoms with Crippen molar-refractivity contribution in [2.75, 3.05) is 37.6 Å². The number of hydrogen-bond donors (Lipinski definition) is 1. The van der Waals surface area contributed by atoms with Gasteiger partial charge >= 0.3 is 0 Å². The summed E-state index contributed by atoms with van der Waals surface area (Å²) in [5.74, 6) is 1.05. The van der Waals surface area contributed by atoms with Crippen LogP contribution < -0.4 is 10.2 Å². The molecule has 1 aromatic heterocycles. The Labute approximate surface area is 120 Å². The van der Waals surface area contributed by atoms with E-state index in [0.29, 0.717) is 6.54 Å². The van der Waals surface area contributed by atoms with Crippen molar-refractivity contribution in [1.82, 2.24) is 20.2 Å². The summed E-state index contributed by atoms with van der Waals surface area (Å²) in [5, 5.41) is 3.23. The van der Waals surface area contributed by atoms with Crippen molar-refractivity contribution < 1.29 is 4.79 Å². The number of carbonyl (C=O) groups excluding carboxylic acids is 1. The van der Waals surface area contributed by atoms with E-state index in [4.69, 9.17) is 0 Å². The predicted molar refractivity (Wildman–Crippen MR) is 78.6 cm³/mol. The first kappa shape index (κ1) is 14.7. The van der Waals surface area contributed by atoms with Crippen LogP contribution in [0.25, 0.3) is 0 Å². The maximum Gasteiger partial charge on any atom is 0.236 e. The van der Waals surface area contributed by atoms with Gasteiger partial charge in [0.05, 0.1) is 12.7 Å². The molecular formula is C14H23N5O. The monoisotopic (exact) mass is 277 g/mol. The van der Waals surface area contributed by atoms with E-state index < -0.39 is 0 Å². The number of rotatable bonds is 3. The molecule has 20 heavy (non-hydrogen) atoms. The molecule has 0 radical (unpaired) electrons. The molecule has 6 heteroatoms. The highest BCUT2D eigenvalue weighted by Gasteiger charge is 2.22. The molecule has 1 amide bonds. The molecule has 6 nitrogen and oxygen atoms in total. The molecule has 1 aliphatic rings. The molecule has 1 fully saturated rings. The molecule has 0 bridgehead atoms. The molecule has 0 saturated carbocycles. The van der Waals surface area contributed by atoms with E-state index in [2.05, 4.69) is 41.0 Å². The van der Waals surface area contributed by atoms with Gasteiger partial charge in [0.2, 0.25) is 5.91 Å². The first-order valence-corrected chi connectivity index (χ1v) is 6.99. The van der Waals surface area contributed by atoms with E-state index in [1.165, 1.54) is 0 Å². The lowest BCUT2D eigenvalue weighted by Gasteiger charge is -2.35. The maximum atomic E-state index is 12.1. The predicted octanol–water partition coefficient (Wildman–Crippen LogP) is 0.513. The van der Waals surface area contributed by atoms with Crippen LogP contribution >= 0.6 is 0 Å². The molecule has 0 atom stereocenters. The van der Waals surface area contributed by atoms with E-state index in [-0.39, 0.29) is 11.4 Å². The molecule has 1 N–H and O–H groups in total. The molecule has 0 spiro atoms. The van der Waals surface area contributed by atoms with Gasteiger partial charge in [0, 0.05) is 44.1 Å². The van der Waals surface area contributed by atoms with E-state index in [9.17, 15) is 4.79 Å². The summed E-state index contributed by atoms with van der Waals surface area (Å²) in [4.78, 5) is 24.5. The lowest BCUT2D eigenvalue weighted by molar-refractivity contribution is -0.130. The zero-order chi connectivity index (χ0) is 14.6. The fraction of sp³-hybridized carbons (Fsp3) is 0.643. The second kappa shape index (κ2) is 6.17. The minimum Gasteiger partial charge on any atom is -0.352 e. The zero-order valence-corrected chi connectivity index (χ0v) is 12.5. The molecular weight excluding hydrogens is 254 g/mol. The van der Waals surface area contributed by atoms with Gasteiger partial charge in [-0.3, -0.25) is 9.78 Å². The van der Waals surface area contributed by atoms with Crippen LogP contribution in [-0.4, -0.2) is 59.0 Å². The molecule has 0 aliphatic carbocycles. The SMILES string of the molecule is CC(C)(C)NCC(=O)N1CCN(c2cnccn2)CC1. The van der Waals surface area contributed by atoms with E-state index in [0.717, 1.165) is 32.0 Å². The summed E-state index contributed by atoms with van der Waals surface area (Å²) in [6, 6.07) is 0. The smallest absolute Gasteiger partial charge is 0.236 e. The number of carbonyl (C=O) groups is 1. The fourth-order valence-electron chi connectivity index (χ4n) is 2.09. The third-order valence-corrected chi connectivity index (χ3v) is 3.28. The van der Waals surface area contributed by atoms with Crippen LogP contribution in [0.4, 0.5) is 5.82 Å². The van der Waals surface area contributed by atoms with Crippen molar-refractivity contribution in [1.29, 1.82) is 0 Å². The van der Waals surface area contributed by atoms with Gasteiger partial charge in [0.15, 0.2) is 0 Å². The molecule has 0 unspecified atom stereocenters. The normalized spacial score (nSPS) is 16.4. The van der Waals surface area contributed by atoms with Crippen LogP contribution in [0, 0.1) is 0 Å². The number of piperazine rings is 1. The quantitative estimate of drug-likeness (QED) is 0.872. The van der Waals surface area contributed by atoms with Crippen molar-refractivity contribution in [2.45, 2.75) is 26.3 Å². The van der Waals surface area contributed by atoms with E-state index >= 15 is 0 Å². The maximum absolute atomic E-state index is 12.1. The highest BCUT2D eigenvalue weighted by atomic mass is 16.2. The molecule has 1 aliphatic heterocycles. The minimum atomic E-state index is -0.0306. The summed E-state index contributed by atoms with van der Waals surface area (Å²) in [7, 11) is 0. The van der Waals surface area contributed by atoms with Gasteiger partial charge < -0.3 is 15.1 Å². The number of amides is 1. The van der Waals surface area contributed by atoms with E-state index in [1.807, 2.05) is 4.90 Å². The van der Waals surface area contributed by atoms with Gasteiger partial charge in [-0.15, -0.1) is 0 Å². The minimum absolute atomic E-state index is 0.0306. The fourth-order valence-corrected chi connectivity index (χ4v) is 2.09. The van der Waals surface area contributed by atoms with Crippen LogP contribution in [0.2, 0.25) is 0 Å². The summed E-state index contributed by atoms with van der Waals surface area (Å²) < 4.78 is 0. The molecule has 2 rings (SSSR count). The summed E-state index contributed by atoms with van der Waals surface area (Å²) in [6.07, 6.45) is 5.13. The Morgan fingerprint density at radius 1 is 1.25 bits per heavy atom.